The fraction of sp³-hybridized carbons (Fsp3) is 0.222. The normalized spacial score (nSPS) is 11.7. The second-order valence-corrected chi connectivity index (χ2v) is 6.15. The number of carbonyl (C=O) groups excluding carboxylic acids is 2. The molecule has 0 aliphatic rings. The molecule has 0 unspecified atom stereocenters. The van der Waals surface area contributed by atoms with E-state index < -0.39 is 11.9 Å². The van der Waals surface area contributed by atoms with Crippen LogP contribution < -0.4 is 11.1 Å². The van der Waals surface area contributed by atoms with Crippen LogP contribution in [0.15, 0.2) is 59.1 Å². The molecule has 6 heteroatoms. The molecule has 2 amide bonds. The fourth-order valence-corrected chi connectivity index (χ4v) is 2.63. The SMILES string of the molecule is NC(=O)[C@@H](Cc1ccccc1Br)NC(=O)COCc1ccccc1. The predicted octanol–water partition coefficient (Wildman–Crippen LogP) is 2.18. The van der Waals surface area contributed by atoms with Crippen molar-refractivity contribution in [1.82, 2.24) is 5.32 Å². The van der Waals surface area contributed by atoms with Crippen molar-refractivity contribution < 1.29 is 14.3 Å². The van der Waals surface area contributed by atoms with Crippen molar-refractivity contribution >= 4 is 27.7 Å². The monoisotopic (exact) mass is 390 g/mol. The van der Waals surface area contributed by atoms with E-state index in [-0.39, 0.29) is 12.5 Å². The largest absolute Gasteiger partial charge is 0.368 e. The lowest BCUT2D eigenvalue weighted by Gasteiger charge is -2.16. The summed E-state index contributed by atoms with van der Waals surface area (Å²) in [6, 6.07) is 16.3. The smallest absolute Gasteiger partial charge is 0.246 e. The number of rotatable bonds is 8. The highest BCUT2D eigenvalue weighted by molar-refractivity contribution is 9.10. The number of nitrogens with two attached hydrogens (primary N) is 1. The fourth-order valence-electron chi connectivity index (χ4n) is 2.18. The van der Waals surface area contributed by atoms with Gasteiger partial charge in [0, 0.05) is 10.9 Å². The number of nitrogens with one attached hydrogen (secondary N) is 1. The molecule has 2 rings (SSSR count). The van der Waals surface area contributed by atoms with E-state index in [9.17, 15) is 9.59 Å². The molecule has 0 saturated heterocycles. The number of amides is 2. The van der Waals surface area contributed by atoms with Gasteiger partial charge in [-0.3, -0.25) is 9.59 Å². The van der Waals surface area contributed by atoms with Crippen LogP contribution >= 0.6 is 15.9 Å². The highest BCUT2D eigenvalue weighted by Crippen LogP contribution is 2.17. The molecule has 0 spiro atoms. The van der Waals surface area contributed by atoms with Gasteiger partial charge >= 0.3 is 0 Å². The van der Waals surface area contributed by atoms with Crippen LogP contribution in [0.1, 0.15) is 11.1 Å². The van der Waals surface area contributed by atoms with Gasteiger partial charge in [-0.25, -0.2) is 0 Å². The Labute approximate surface area is 149 Å². The summed E-state index contributed by atoms with van der Waals surface area (Å²) in [6.07, 6.45) is 0.321. The number of hydrogen-bond acceptors (Lipinski definition) is 3. The minimum atomic E-state index is -0.781. The molecule has 0 radical (unpaired) electrons. The maximum Gasteiger partial charge on any atom is 0.246 e. The molecule has 0 fully saturated rings. The third kappa shape index (κ3) is 5.79. The Morgan fingerprint density at radius 2 is 1.75 bits per heavy atom. The average molecular weight is 391 g/mol. The van der Waals surface area contributed by atoms with E-state index in [1.807, 2.05) is 54.6 Å². The van der Waals surface area contributed by atoms with E-state index in [4.69, 9.17) is 10.5 Å². The minimum Gasteiger partial charge on any atom is -0.368 e. The summed E-state index contributed by atoms with van der Waals surface area (Å²) in [4.78, 5) is 23.6. The number of carbonyl (C=O) groups is 2. The summed E-state index contributed by atoms with van der Waals surface area (Å²) in [7, 11) is 0. The first-order chi connectivity index (χ1) is 11.6. The Balaban J connectivity index is 1.85. The van der Waals surface area contributed by atoms with Crippen LogP contribution in [0.4, 0.5) is 0 Å². The molecule has 2 aromatic rings. The Hall–Kier alpha value is -2.18. The van der Waals surface area contributed by atoms with Crippen LogP contribution in [-0.2, 0) is 27.4 Å². The standard InChI is InChI=1S/C18H19BrN2O3/c19-15-9-5-4-8-14(15)10-16(18(20)23)21-17(22)12-24-11-13-6-2-1-3-7-13/h1-9,16H,10-12H2,(H2,20,23)(H,21,22)/t16-/m1/s1. The summed E-state index contributed by atoms with van der Waals surface area (Å²) in [6.45, 7) is 0.203. The van der Waals surface area contributed by atoms with E-state index in [1.165, 1.54) is 0 Å². The Bertz CT molecular complexity index is 692. The van der Waals surface area contributed by atoms with Crippen molar-refractivity contribution in [3.63, 3.8) is 0 Å². The van der Waals surface area contributed by atoms with Crippen LogP contribution in [0.25, 0.3) is 0 Å². The summed E-state index contributed by atoms with van der Waals surface area (Å²) in [5.74, 6) is -0.955. The van der Waals surface area contributed by atoms with Crippen LogP contribution in [0.2, 0.25) is 0 Å². The van der Waals surface area contributed by atoms with Gasteiger partial charge in [-0.1, -0.05) is 64.5 Å². The third-order valence-electron chi connectivity index (χ3n) is 3.41. The predicted molar refractivity (Wildman–Crippen MR) is 95.1 cm³/mol. The third-order valence-corrected chi connectivity index (χ3v) is 4.18. The number of hydrogen-bond donors (Lipinski definition) is 2. The Kier molecular flexibility index (Phi) is 6.96. The summed E-state index contributed by atoms with van der Waals surface area (Å²) in [5, 5.41) is 2.62. The first-order valence-corrected chi connectivity index (χ1v) is 8.29. The first kappa shape index (κ1) is 18.2. The Morgan fingerprint density at radius 3 is 2.42 bits per heavy atom. The van der Waals surface area contributed by atoms with Gasteiger partial charge in [0.2, 0.25) is 11.8 Å². The molecule has 0 aliphatic carbocycles. The van der Waals surface area contributed by atoms with Crippen LogP contribution in [0, 0.1) is 0 Å². The lowest BCUT2D eigenvalue weighted by atomic mass is 10.1. The molecule has 0 bridgehead atoms. The molecule has 3 N–H and O–H groups in total. The summed E-state index contributed by atoms with van der Waals surface area (Å²) < 4.78 is 6.23. The number of ether oxygens (including phenoxy) is 1. The molecule has 0 heterocycles. The maximum absolute atomic E-state index is 12.0. The summed E-state index contributed by atoms with van der Waals surface area (Å²) >= 11 is 3.42. The van der Waals surface area contributed by atoms with Gasteiger partial charge in [0.25, 0.3) is 0 Å². The van der Waals surface area contributed by atoms with Crippen molar-refractivity contribution in [3.05, 3.63) is 70.2 Å². The average Bonchev–Trinajstić information content (AvgIpc) is 2.57. The zero-order valence-corrected chi connectivity index (χ0v) is 14.7. The van der Waals surface area contributed by atoms with Crippen LogP contribution in [0.5, 0.6) is 0 Å². The number of primary amides is 1. The second kappa shape index (κ2) is 9.20. The van der Waals surface area contributed by atoms with Gasteiger partial charge in [0.1, 0.15) is 12.6 Å². The van der Waals surface area contributed by atoms with E-state index in [0.717, 1.165) is 15.6 Å². The lowest BCUT2D eigenvalue weighted by molar-refractivity contribution is -0.130. The molecule has 0 saturated carbocycles. The van der Waals surface area contributed by atoms with Gasteiger partial charge in [-0.2, -0.15) is 0 Å². The topological polar surface area (TPSA) is 81.4 Å². The van der Waals surface area contributed by atoms with Crippen molar-refractivity contribution in [2.75, 3.05) is 6.61 Å². The zero-order chi connectivity index (χ0) is 17.4. The molecule has 1 atom stereocenters. The molecule has 0 aliphatic heterocycles. The zero-order valence-electron chi connectivity index (χ0n) is 13.1. The van der Waals surface area contributed by atoms with E-state index in [0.29, 0.717) is 13.0 Å². The van der Waals surface area contributed by atoms with Gasteiger partial charge in [0.05, 0.1) is 6.61 Å². The Morgan fingerprint density at radius 1 is 1.08 bits per heavy atom. The molecular weight excluding hydrogens is 372 g/mol. The van der Waals surface area contributed by atoms with Crippen LogP contribution in [-0.4, -0.2) is 24.5 Å². The van der Waals surface area contributed by atoms with E-state index in [2.05, 4.69) is 21.2 Å². The van der Waals surface area contributed by atoms with Crippen LogP contribution in [0.3, 0.4) is 0 Å². The minimum absolute atomic E-state index is 0.130. The highest BCUT2D eigenvalue weighted by Gasteiger charge is 2.19. The van der Waals surface area contributed by atoms with Gasteiger partial charge < -0.3 is 15.8 Å². The van der Waals surface area contributed by atoms with Crippen molar-refractivity contribution in [2.45, 2.75) is 19.1 Å². The first-order valence-electron chi connectivity index (χ1n) is 7.50. The molecule has 2 aromatic carbocycles. The van der Waals surface area contributed by atoms with Gasteiger partial charge in [-0.05, 0) is 17.2 Å². The molecular formula is C18H19BrN2O3. The molecule has 24 heavy (non-hydrogen) atoms. The van der Waals surface area contributed by atoms with Crippen molar-refractivity contribution in [2.24, 2.45) is 5.73 Å². The lowest BCUT2D eigenvalue weighted by Crippen LogP contribution is -2.47. The summed E-state index contributed by atoms with van der Waals surface area (Å²) in [5.41, 5.74) is 7.26. The van der Waals surface area contributed by atoms with E-state index >= 15 is 0 Å². The second-order valence-electron chi connectivity index (χ2n) is 5.30. The quantitative estimate of drug-likeness (QED) is 0.724. The van der Waals surface area contributed by atoms with Gasteiger partial charge in [-0.15, -0.1) is 0 Å². The van der Waals surface area contributed by atoms with Gasteiger partial charge in [0.15, 0.2) is 0 Å². The van der Waals surface area contributed by atoms with E-state index in [1.54, 1.807) is 0 Å². The highest BCUT2D eigenvalue weighted by atomic mass is 79.9. The number of benzene rings is 2. The maximum atomic E-state index is 12.0. The molecule has 126 valence electrons. The molecule has 0 aromatic heterocycles. The molecule has 5 nitrogen and oxygen atoms in total. The van der Waals surface area contributed by atoms with Crippen molar-refractivity contribution in [1.29, 1.82) is 0 Å². The van der Waals surface area contributed by atoms with Crippen molar-refractivity contribution in [3.8, 4) is 0 Å². The number of halogens is 1.